The molecule has 1 aliphatic carbocycles. The molecule has 24 heavy (non-hydrogen) atoms. The maximum atomic E-state index is 11.5. The second-order valence-electron chi connectivity index (χ2n) is 8.12. The highest BCUT2D eigenvalue weighted by Crippen LogP contribution is 2.50. The van der Waals surface area contributed by atoms with Crippen LogP contribution in [0.1, 0.15) is 33.6 Å². The molecule has 6 nitrogen and oxygen atoms in total. The van der Waals surface area contributed by atoms with E-state index in [4.69, 9.17) is 18.1 Å². The van der Waals surface area contributed by atoms with E-state index in [1.165, 1.54) is 0 Å². The molecule has 2 rings (SSSR count). The first-order valence-electron chi connectivity index (χ1n) is 8.54. The summed E-state index contributed by atoms with van der Waals surface area (Å²) in [6.45, 7) is 11.9. The van der Waals surface area contributed by atoms with Crippen LogP contribution in [0.3, 0.4) is 0 Å². The Morgan fingerprint density at radius 1 is 1.25 bits per heavy atom. The van der Waals surface area contributed by atoms with Crippen LogP contribution in [-0.4, -0.2) is 55.4 Å². The average molecular weight is 380 g/mol. The van der Waals surface area contributed by atoms with Gasteiger partial charge in [-0.15, -0.1) is 0 Å². The summed E-state index contributed by atoms with van der Waals surface area (Å²) in [7, 11) is -4.40. The molecule has 0 amide bonds. The Balaban J connectivity index is 2.27. The van der Waals surface area contributed by atoms with Gasteiger partial charge in [0.05, 0.1) is 32.2 Å². The highest BCUT2D eigenvalue weighted by molar-refractivity contribution is 7.85. The van der Waals surface area contributed by atoms with E-state index in [1.807, 2.05) is 0 Å². The quantitative estimate of drug-likeness (QED) is 0.521. The van der Waals surface area contributed by atoms with Gasteiger partial charge in [-0.3, -0.25) is 4.18 Å². The molecule has 8 heteroatoms. The summed E-state index contributed by atoms with van der Waals surface area (Å²) < 4.78 is 46.4. The van der Waals surface area contributed by atoms with Crippen LogP contribution in [0.4, 0.5) is 0 Å². The van der Waals surface area contributed by atoms with Gasteiger partial charge in [0.25, 0.3) is 10.1 Å². The Morgan fingerprint density at radius 2 is 1.83 bits per heavy atom. The highest BCUT2D eigenvalue weighted by atomic mass is 32.2. The lowest BCUT2D eigenvalue weighted by Gasteiger charge is -2.41. The van der Waals surface area contributed by atoms with Crippen LogP contribution in [0, 0.1) is 17.3 Å². The number of hydrogen-bond donors (Lipinski definition) is 0. The fourth-order valence-corrected chi connectivity index (χ4v) is 5.31. The largest absolute Gasteiger partial charge is 0.413 e. The smallest absolute Gasteiger partial charge is 0.264 e. The molecule has 0 aromatic carbocycles. The zero-order chi connectivity index (χ0) is 18.2. The predicted octanol–water partition coefficient (Wildman–Crippen LogP) is 2.41. The van der Waals surface area contributed by atoms with E-state index in [2.05, 4.69) is 33.9 Å². The second-order valence-corrected chi connectivity index (χ2v) is 11.8. The summed E-state index contributed by atoms with van der Waals surface area (Å²) in [5.41, 5.74) is -0.0555. The lowest BCUT2D eigenvalue weighted by Crippen LogP contribution is -2.47. The summed E-state index contributed by atoms with van der Waals surface area (Å²) in [4.78, 5) is 0. The molecule has 1 radical (unpaired) electrons. The molecule has 0 N–H and O–H groups in total. The van der Waals surface area contributed by atoms with Crippen molar-refractivity contribution in [2.75, 3.05) is 26.1 Å². The monoisotopic (exact) mass is 379 g/mol. The summed E-state index contributed by atoms with van der Waals surface area (Å²) in [5.74, 6) is -0.735. The summed E-state index contributed by atoms with van der Waals surface area (Å²) in [6, 6.07) is 0. The van der Waals surface area contributed by atoms with Gasteiger partial charge < -0.3 is 13.9 Å². The third-order valence-corrected chi connectivity index (χ3v) is 6.04. The topological polar surface area (TPSA) is 71.1 Å². The van der Waals surface area contributed by atoms with Crippen LogP contribution < -0.4 is 0 Å². The highest BCUT2D eigenvalue weighted by Gasteiger charge is 2.56. The van der Waals surface area contributed by atoms with Gasteiger partial charge in [-0.05, 0) is 30.8 Å². The van der Waals surface area contributed by atoms with E-state index in [9.17, 15) is 8.42 Å². The van der Waals surface area contributed by atoms with Gasteiger partial charge in [0.15, 0.2) is 5.79 Å². The van der Waals surface area contributed by atoms with Crippen LogP contribution in [0.25, 0.3) is 0 Å². The zero-order valence-corrected chi connectivity index (χ0v) is 17.4. The number of ether oxygens (including phenoxy) is 2. The molecule has 3 atom stereocenters. The first-order chi connectivity index (χ1) is 10.9. The Labute approximate surface area is 148 Å². The van der Waals surface area contributed by atoms with Gasteiger partial charge in [-0.25, -0.2) is 0 Å². The van der Waals surface area contributed by atoms with Crippen LogP contribution in [0.15, 0.2) is 0 Å². The van der Waals surface area contributed by atoms with Gasteiger partial charge in [-0.2, -0.15) is 8.42 Å². The van der Waals surface area contributed by atoms with Crippen molar-refractivity contribution < 1.29 is 26.5 Å². The molecule has 1 heterocycles. The summed E-state index contributed by atoms with van der Waals surface area (Å²) in [6.07, 6.45) is 2.73. The average Bonchev–Trinajstić information content (AvgIpc) is 3.00. The maximum Gasteiger partial charge on any atom is 0.264 e. The summed E-state index contributed by atoms with van der Waals surface area (Å²) >= 11 is 0. The van der Waals surface area contributed by atoms with E-state index in [1.54, 1.807) is 0 Å². The minimum atomic E-state index is -3.51. The van der Waals surface area contributed by atoms with Crippen LogP contribution in [-0.2, 0) is 28.2 Å². The van der Waals surface area contributed by atoms with E-state index in [0.717, 1.165) is 19.1 Å². The van der Waals surface area contributed by atoms with E-state index >= 15 is 0 Å². The Kier molecular flexibility index (Phi) is 6.20. The first kappa shape index (κ1) is 20.3. The second kappa shape index (κ2) is 7.32. The SMILES string of the molecule is C[Si](C)OC(C1CCC2(OCCO2)C1COS(C)(=O)=O)C(C)(C)C. The lowest BCUT2D eigenvalue weighted by molar-refractivity contribution is -0.197. The Bertz CT molecular complexity index is 521. The van der Waals surface area contributed by atoms with Crippen molar-refractivity contribution >= 4 is 19.2 Å². The molecule has 1 aliphatic heterocycles. The molecule has 0 bridgehead atoms. The van der Waals surface area contributed by atoms with Crippen molar-refractivity contribution in [2.24, 2.45) is 17.3 Å². The third kappa shape index (κ3) is 4.79. The molecular formula is C16H31O6SSi. The van der Waals surface area contributed by atoms with Gasteiger partial charge in [-0.1, -0.05) is 20.8 Å². The molecule has 1 saturated carbocycles. The van der Waals surface area contributed by atoms with E-state index < -0.39 is 24.9 Å². The van der Waals surface area contributed by atoms with Crippen molar-refractivity contribution in [2.45, 2.75) is 58.6 Å². The molecule has 2 fully saturated rings. The number of hydrogen-bond acceptors (Lipinski definition) is 6. The fourth-order valence-electron chi connectivity index (χ4n) is 3.88. The standard InChI is InChI=1S/C16H31O6SSi/c1-15(2,3)14(22-24(5)6)12-7-8-16(19-9-10-20-16)13(12)11-21-23(4,17)18/h12-14H,7-11H2,1-6H3. The van der Waals surface area contributed by atoms with Crippen molar-refractivity contribution in [1.29, 1.82) is 0 Å². The number of rotatable bonds is 6. The van der Waals surface area contributed by atoms with Gasteiger partial charge in [0.1, 0.15) is 0 Å². The molecular weight excluding hydrogens is 348 g/mol. The van der Waals surface area contributed by atoms with Crippen LogP contribution in [0.5, 0.6) is 0 Å². The third-order valence-electron chi connectivity index (χ3n) is 4.75. The molecule has 1 saturated heterocycles. The molecule has 1 spiro atoms. The van der Waals surface area contributed by atoms with Crippen molar-refractivity contribution in [3.63, 3.8) is 0 Å². The first-order valence-corrected chi connectivity index (χ1v) is 12.8. The minimum absolute atomic E-state index is 0.0155. The molecule has 141 valence electrons. The fraction of sp³-hybridized carbons (Fsp3) is 1.00. The van der Waals surface area contributed by atoms with Crippen molar-refractivity contribution in [1.82, 2.24) is 0 Å². The summed E-state index contributed by atoms with van der Waals surface area (Å²) in [5, 5.41) is 0. The van der Waals surface area contributed by atoms with Crippen LogP contribution in [0.2, 0.25) is 13.1 Å². The van der Waals surface area contributed by atoms with Gasteiger partial charge in [0, 0.05) is 12.3 Å². The van der Waals surface area contributed by atoms with Crippen molar-refractivity contribution in [3.05, 3.63) is 0 Å². The molecule has 3 unspecified atom stereocenters. The zero-order valence-electron chi connectivity index (χ0n) is 15.6. The van der Waals surface area contributed by atoms with E-state index in [-0.39, 0.29) is 30.0 Å². The van der Waals surface area contributed by atoms with Gasteiger partial charge >= 0.3 is 0 Å². The molecule has 0 aromatic heterocycles. The molecule has 2 aliphatic rings. The Hall–Kier alpha value is 0.00688. The van der Waals surface area contributed by atoms with Crippen molar-refractivity contribution in [3.8, 4) is 0 Å². The Morgan fingerprint density at radius 3 is 2.29 bits per heavy atom. The minimum Gasteiger partial charge on any atom is -0.413 e. The predicted molar refractivity (Wildman–Crippen MR) is 93.5 cm³/mol. The molecule has 0 aromatic rings. The van der Waals surface area contributed by atoms with Crippen LogP contribution >= 0.6 is 0 Å². The van der Waals surface area contributed by atoms with Gasteiger partial charge in [0.2, 0.25) is 9.04 Å². The normalized spacial score (nSPS) is 28.8. The van der Waals surface area contributed by atoms with E-state index in [0.29, 0.717) is 13.2 Å². The maximum absolute atomic E-state index is 11.5. The lowest BCUT2D eigenvalue weighted by atomic mass is 9.76.